The summed E-state index contributed by atoms with van der Waals surface area (Å²) in [5.41, 5.74) is 0.420. The van der Waals surface area contributed by atoms with Gasteiger partial charge in [0.1, 0.15) is 11.3 Å². The molecular weight excluding hydrogens is 308 g/mol. The number of rotatable bonds is 6. The van der Waals surface area contributed by atoms with E-state index in [9.17, 15) is 14.7 Å². The number of amides is 3. The molecule has 1 aromatic carbocycles. The maximum absolute atomic E-state index is 12.3. The van der Waals surface area contributed by atoms with E-state index in [4.69, 9.17) is 0 Å². The number of aromatic hydroxyl groups is 1. The van der Waals surface area contributed by atoms with Gasteiger partial charge < -0.3 is 15.3 Å². The highest BCUT2D eigenvalue weighted by Crippen LogP contribution is 2.25. The Labute approximate surface area is 141 Å². The van der Waals surface area contributed by atoms with Crippen LogP contribution in [0.25, 0.3) is 0 Å². The summed E-state index contributed by atoms with van der Waals surface area (Å²) in [7, 11) is 0. The normalized spacial score (nSPS) is 20.8. The van der Waals surface area contributed by atoms with Crippen LogP contribution in [0.4, 0.5) is 10.5 Å². The molecule has 1 heterocycles. The first-order chi connectivity index (χ1) is 11.4. The van der Waals surface area contributed by atoms with Crippen molar-refractivity contribution in [2.75, 3.05) is 18.0 Å². The average Bonchev–Trinajstić information content (AvgIpc) is 2.78. The van der Waals surface area contributed by atoms with Gasteiger partial charge in [0.05, 0.1) is 6.21 Å². The quantitative estimate of drug-likeness (QED) is 0.618. The molecule has 1 fully saturated rings. The molecule has 7 heteroatoms. The molecule has 7 nitrogen and oxygen atoms in total. The fourth-order valence-electron chi connectivity index (χ4n) is 2.56. The number of phenolic OH excluding ortho intramolecular Hbond substituents is 1. The molecule has 0 aromatic heterocycles. The first-order valence-electron chi connectivity index (χ1n) is 8.14. The minimum atomic E-state index is -0.928. The summed E-state index contributed by atoms with van der Waals surface area (Å²) in [6.45, 7) is 9.24. The highest BCUT2D eigenvalue weighted by atomic mass is 16.3. The van der Waals surface area contributed by atoms with Gasteiger partial charge in [-0.2, -0.15) is 5.10 Å². The largest absolute Gasteiger partial charge is 0.507 e. The predicted molar refractivity (Wildman–Crippen MR) is 93.3 cm³/mol. The topological polar surface area (TPSA) is 85.2 Å². The molecule has 1 saturated heterocycles. The number of imide groups is 1. The minimum Gasteiger partial charge on any atom is -0.507 e. The number of urea groups is 1. The number of hydrazone groups is 1. The molecular formula is C17H24N4O3. The smallest absolute Gasteiger partial charge is 0.346 e. The molecule has 2 N–H and O–H groups in total. The van der Waals surface area contributed by atoms with Gasteiger partial charge >= 0.3 is 6.03 Å². The standard InChI is InChI=1S/C17H24N4O3/c1-5-17(4)15(23)21(16(24)19-17)18-11-12-8-9-13(10-14(12)22)20(6-2)7-3/h8-11,22H,5-7H2,1-4H3,(H,19,24)/b18-11-/t17-/m0/s1. The lowest BCUT2D eigenvalue weighted by atomic mass is 10.00. The van der Waals surface area contributed by atoms with Crippen LogP contribution >= 0.6 is 0 Å². The van der Waals surface area contributed by atoms with E-state index >= 15 is 0 Å². The van der Waals surface area contributed by atoms with Crippen LogP contribution in [-0.4, -0.2) is 46.9 Å². The Morgan fingerprint density at radius 2 is 1.96 bits per heavy atom. The lowest BCUT2D eigenvalue weighted by molar-refractivity contribution is -0.130. The van der Waals surface area contributed by atoms with Gasteiger partial charge in [0.25, 0.3) is 5.91 Å². The van der Waals surface area contributed by atoms with Crippen LogP contribution in [0.2, 0.25) is 0 Å². The Bertz CT molecular complexity index is 670. The summed E-state index contributed by atoms with van der Waals surface area (Å²) in [6.07, 6.45) is 1.80. The van der Waals surface area contributed by atoms with E-state index in [0.717, 1.165) is 23.8 Å². The van der Waals surface area contributed by atoms with Crippen LogP contribution in [0, 0.1) is 0 Å². The second-order valence-electron chi connectivity index (χ2n) is 5.89. The van der Waals surface area contributed by atoms with Gasteiger partial charge in [0.2, 0.25) is 0 Å². The summed E-state index contributed by atoms with van der Waals surface area (Å²) in [5, 5.41) is 17.5. The van der Waals surface area contributed by atoms with Crippen LogP contribution in [0.1, 0.15) is 39.7 Å². The zero-order valence-corrected chi connectivity index (χ0v) is 14.5. The molecule has 0 aliphatic carbocycles. The van der Waals surface area contributed by atoms with Crippen molar-refractivity contribution < 1.29 is 14.7 Å². The molecule has 1 aromatic rings. The molecule has 0 radical (unpaired) electrons. The Hall–Kier alpha value is -2.57. The number of nitrogens with one attached hydrogen (secondary N) is 1. The molecule has 2 rings (SSSR count). The van der Waals surface area contributed by atoms with Gasteiger partial charge in [-0.25, -0.2) is 4.79 Å². The monoisotopic (exact) mass is 332 g/mol. The van der Waals surface area contributed by atoms with Crippen molar-refractivity contribution in [1.82, 2.24) is 10.3 Å². The number of anilines is 1. The van der Waals surface area contributed by atoms with Crippen LogP contribution in [0.5, 0.6) is 5.75 Å². The van der Waals surface area contributed by atoms with Crippen molar-refractivity contribution in [3.8, 4) is 5.75 Å². The number of nitrogens with zero attached hydrogens (tertiary/aromatic N) is 3. The van der Waals surface area contributed by atoms with Crippen LogP contribution in [-0.2, 0) is 4.79 Å². The number of carbonyl (C=O) groups excluding carboxylic acids is 2. The molecule has 3 amide bonds. The number of hydrogen-bond acceptors (Lipinski definition) is 5. The molecule has 0 spiro atoms. The van der Waals surface area contributed by atoms with E-state index in [1.54, 1.807) is 19.1 Å². The Balaban J connectivity index is 2.21. The number of carbonyl (C=O) groups is 2. The number of benzene rings is 1. The third-order valence-electron chi connectivity index (χ3n) is 4.40. The minimum absolute atomic E-state index is 0.0495. The highest BCUT2D eigenvalue weighted by Gasteiger charge is 2.46. The fourth-order valence-corrected chi connectivity index (χ4v) is 2.56. The average molecular weight is 332 g/mol. The van der Waals surface area contributed by atoms with Gasteiger partial charge in [-0.15, -0.1) is 5.01 Å². The molecule has 0 saturated carbocycles. The van der Waals surface area contributed by atoms with Crippen LogP contribution < -0.4 is 10.2 Å². The molecule has 0 unspecified atom stereocenters. The van der Waals surface area contributed by atoms with E-state index in [1.165, 1.54) is 6.21 Å². The Kier molecular flexibility index (Phi) is 5.11. The van der Waals surface area contributed by atoms with Crippen molar-refractivity contribution >= 4 is 23.8 Å². The molecule has 24 heavy (non-hydrogen) atoms. The maximum Gasteiger partial charge on any atom is 0.346 e. The fraction of sp³-hybridized carbons (Fsp3) is 0.471. The second kappa shape index (κ2) is 6.90. The van der Waals surface area contributed by atoms with Gasteiger partial charge in [-0.1, -0.05) is 6.92 Å². The first kappa shape index (κ1) is 17.8. The molecule has 130 valence electrons. The zero-order valence-electron chi connectivity index (χ0n) is 14.5. The molecule has 1 atom stereocenters. The van der Waals surface area contributed by atoms with E-state index < -0.39 is 17.5 Å². The van der Waals surface area contributed by atoms with Crippen molar-refractivity contribution in [2.24, 2.45) is 5.10 Å². The van der Waals surface area contributed by atoms with Crippen LogP contribution in [0.3, 0.4) is 0 Å². The van der Waals surface area contributed by atoms with Gasteiger partial charge in [-0.3, -0.25) is 4.79 Å². The summed E-state index contributed by atoms with van der Waals surface area (Å²) < 4.78 is 0. The molecule has 1 aliphatic heterocycles. The number of hydrogen-bond donors (Lipinski definition) is 2. The van der Waals surface area contributed by atoms with E-state index in [2.05, 4.69) is 15.3 Å². The SMILES string of the molecule is CCN(CC)c1ccc(/C=N\N2C(=O)N[C@@](C)(CC)C2=O)c(O)c1. The van der Waals surface area contributed by atoms with Crippen molar-refractivity contribution in [3.63, 3.8) is 0 Å². The lowest BCUT2D eigenvalue weighted by Gasteiger charge is -2.21. The summed E-state index contributed by atoms with van der Waals surface area (Å²) >= 11 is 0. The molecule has 0 bridgehead atoms. The van der Waals surface area contributed by atoms with Gasteiger partial charge in [0, 0.05) is 30.4 Å². The van der Waals surface area contributed by atoms with Crippen molar-refractivity contribution in [1.29, 1.82) is 0 Å². The summed E-state index contributed by atoms with van der Waals surface area (Å²) in [6, 6.07) is 4.68. The van der Waals surface area contributed by atoms with Gasteiger partial charge in [-0.05, 0) is 39.3 Å². The molecule has 1 aliphatic rings. The Morgan fingerprint density at radius 1 is 1.29 bits per heavy atom. The second-order valence-corrected chi connectivity index (χ2v) is 5.89. The van der Waals surface area contributed by atoms with E-state index in [1.807, 2.05) is 26.8 Å². The lowest BCUT2D eigenvalue weighted by Crippen LogP contribution is -2.42. The van der Waals surface area contributed by atoms with Crippen molar-refractivity contribution in [2.45, 2.75) is 39.7 Å². The van der Waals surface area contributed by atoms with E-state index in [0.29, 0.717) is 12.0 Å². The summed E-state index contributed by atoms with van der Waals surface area (Å²) in [4.78, 5) is 26.3. The van der Waals surface area contributed by atoms with Gasteiger partial charge in [0.15, 0.2) is 0 Å². The van der Waals surface area contributed by atoms with Crippen molar-refractivity contribution in [3.05, 3.63) is 23.8 Å². The Morgan fingerprint density at radius 3 is 2.46 bits per heavy atom. The predicted octanol–water partition coefficient (Wildman–Crippen LogP) is 2.29. The maximum atomic E-state index is 12.3. The zero-order chi connectivity index (χ0) is 17.9. The van der Waals surface area contributed by atoms with Crippen LogP contribution in [0.15, 0.2) is 23.3 Å². The highest BCUT2D eigenvalue weighted by molar-refractivity contribution is 6.07. The third-order valence-corrected chi connectivity index (χ3v) is 4.40. The third kappa shape index (κ3) is 3.20. The van der Waals surface area contributed by atoms with E-state index in [-0.39, 0.29) is 5.75 Å². The number of phenols is 1. The first-order valence-corrected chi connectivity index (χ1v) is 8.14. The summed E-state index contributed by atoms with van der Waals surface area (Å²) in [5.74, 6) is -0.348.